The second kappa shape index (κ2) is 5.66. The number of benzene rings is 2. The van der Waals surface area contributed by atoms with Crippen LogP contribution in [0.4, 0.5) is 14.5 Å². The van der Waals surface area contributed by atoms with E-state index in [9.17, 15) is 13.6 Å². The maximum Gasteiger partial charge on any atom is 0.257 e. The van der Waals surface area contributed by atoms with Gasteiger partial charge in [-0.1, -0.05) is 17.7 Å². The first-order valence-corrected chi connectivity index (χ1v) is 7.27. The zero-order chi connectivity index (χ0) is 16.7. The molecule has 3 aromatic rings. The number of carbonyl (C=O) groups excluding carboxylic acids is 1. The molecule has 1 heterocycles. The zero-order valence-electron chi connectivity index (χ0n) is 12.5. The van der Waals surface area contributed by atoms with Gasteiger partial charge in [0.05, 0.1) is 21.8 Å². The molecule has 23 heavy (non-hydrogen) atoms. The van der Waals surface area contributed by atoms with E-state index in [2.05, 4.69) is 5.32 Å². The van der Waals surface area contributed by atoms with Crippen molar-refractivity contribution in [2.24, 2.45) is 7.05 Å². The standard InChI is InChI=1S/C17H13ClF2N2O/c1-9-6-11(18)14(7-13(9)20)21-17(23)10-8-22(2)15-5-3-4-12(19)16(10)15/h3-8H,1-2H3,(H,21,23). The summed E-state index contributed by atoms with van der Waals surface area (Å²) in [6.07, 6.45) is 1.53. The van der Waals surface area contributed by atoms with Gasteiger partial charge in [-0.15, -0.1) is 0 Å². The molecule has 0 aliphatic rings. The molecule has 0 saturated heterocycles. The van der Waals surface area contributed by atoms with Crippen LogP contribution in [-0.4, -0.2) is 10.5 Å². The first-order valence-electron chi connectivity index (χ1n) is 6.89. The minimum atomic E-state index is -0.550. The minimum Gasteiger partial charge on any atom is -0.350 e. The second-order valence-electron chi connectivity index (χ2n) is 5.32. The van der Waals surface area contributed by atoms with Gasteiger partial charge in [-0.25, -0.2) is 8.78 Å². The SMILES string of the molecule is Cc1cc(Cl)c(NC(=O)c2cn(C)c3cccc(F)c23)cc1F. The number of anilines is 1. The van der Waals surface area contributed by atoms with Crippen molar-refractivity contribution in [1.29, 1.82) is 0 Å². The number of aromatic nitrogens is 1. The Bertz CT molecular complexity index is 934. The average Bonchev–Trinajstić information content (AvgIpc) is 2.84. The summed E-state index contributed by atoms with van der Waals surface area (Å²) in [6, 6.07) is 7.16. The smallest absolute Gasteiger partial charge is 0.257 e. The Balaban J connectivity index is 2.04. The number of rotatable bonds is 2. The van der Waals surface area contributed by atoms with Crippen LogP contribution in [0.25, 0.3) is 10.9 Å². The molecule has 3 nitrogen and oxygen atoms in total. The lowest BCUT2D eigenvalue weighted by molar-refractivity contribution is 0.102. The molecule has 6 heteroatoms. The molecule has 0 bridgehead atoms. The van der Waals surface area contributed by atoms with E-state index in [1.165, 1.54) is 18.3 Å². The maximum absolute atomic E-state index is 14.1. The molecule has 118 valence electrons. The van der Waals surface area contributed by atoms with Crippen LogP contribution in [-0.2, 0) is 7.05 Å². The summed E-state index contributed by atoms with van der Waals surface area (Å²) in [5, 5.41) is 2.98. The number of halogens is 3. The summed E-state index contributed by atoms with van der Waals surface area (Å²) in [5.74, 6) is -1.52. The molecule has 0 aliphatic heterocycles. The normalized spacial score (nSPS) is 11.0. The molecular formula is C17H13ClF2N2O. The molecule has 0 fully saturated rings. The number of amides is 1. The summed E-state index contributed by atoms with van der Waals surface area (Å²) < 4.78 is 29.4. The summed E-state index contributed by atoms with van der Waals surface area (Å²) in [7, 11) is 1.72. The fraction of sp³-hybridized carbons (Fsp3) is 0.118. The van der Waals surface area contributed by atoms with Crippen molar-refractivity contribution in [3.63, 3.8) is 0 Å². The first kappa shape index (κ1) is 15.5. The summed E-state index contributed by atoms with van der Waals surface area (Å²) in [6.45, 7) is 1.58. The highest BCUT2D eigenvalue weighted by atomic mass is 35.5. The molecule has 3 rings (SSSR count). The Labute approximate surface area is 136 Å². The lowest BCUT2D eigenvalue weighted by Gasteiger charge is -2.08. The zero-order valence-corrected chi connectivity index (χ0v) is 13.2. The number of hydrogen-bond acceptors (Lipinski definition) is 1. The van der Waals surface area contributed by atoms with Gasteiger partial charge < -0.3 is 9.88 Å². The predicted molar refractivity (Wildman–Crippen MR) is 87.0 cm³/mol. The monoisotopic (exact) mass is 334 g/mol. The Kier molecular flexibility index (Phi) is 3.82. The van der Waals surface area contributed by atoms with E-state index < -0.39 is 17.5 Å². The van der Waals surface area contributed by atoms with E-state index in [0.717, 1.165) is 6.07 Å². The average molecular weight is 335 g/mol. The number of nitrogens with zero attached hydrogens (tertiary/aromatic N) is 1. The highest BCUT2D eigenvalue weighted by Crippen LogP contribution is 2.28. The fourth-order valence-electron chi connectivity index (χ4n) is 2.50. The lowest BCUT2D eigenvalue weighted by Crippen LogP contribution is -2.12. The van der Waals surface area contributed by atoms with E-state index in [1.54, 1.807) is 30.7 Å². The largest absolute Gasteiger partial charge is 0.350 e. The molecule has 0 atom stereocenters. The van der Waals surface area contributed by atoms with Crippen LogP contribution < -0.4 is 5.32 Å². The van der Waals surface area contributed by atoms with Crippen molar-refractivity contribution in [2.75, 3.05) is 5.32 Å². The first-order chi connectivity index (χ1) is 10.9. The van der Waals surface area contributed by atoms with Crippen LogP contribution in [0.15, 0.2) is 36.5 Å². The van der Waals surface area contributed by atoms with Crippen molar-refractivity contribution in [1.82, 2.24) is 4.57 Å². The van der Waals surface area contributed by atoms with Gasteiger partial charge >= 0.3 is 0 Å². The van der Waals surface area contributed by atoms with Crippen molar-refractivity contribution in [3.8, 4) is 0 Å². The molecule has 0 unspecified atom stereocenters. The van der Waals surface area contributed by atoms with Gasteiger partial charge in [-0.2, -0.15) is 0 Å². The van der Waals surface area contributed by atoms with Crippen molar-refractivity contribution >= 4 is 34.1 Å². The number of fused-ring (bicyclic) bond motifs is 1. The Morgan fingerprint density at radius 3 is 2.70 bits per heavy atom. The topological polar surface area (TPSA) is 34.0 Å². The van der Waals surface area contributed by atoms with E-state index in [1.807, 2.05) is 0 Å². The van der Waals surface area contributed by atoms with Crippen LogP contribution >= 0.6 is 11.6 Å². The summed E-state index contributed by atoms with van der Waals surface area (Å²) in [4.78, 5) is 12.5. The summed E-state index contributed by atoms with van der Waals surface area (Å²) in [5.41, 5.74) is 1.28. The van der Waals surface area contributed by atoms with Crippen LogP contribution in [0.3, 0.4) is 0 Å². The molecule has 1 aromatic heterocycles. The van der Waals surface area contributed by atoms with Gasteiger partial charge in [0.15, 0.2) is 0 Å². The minimum absolute atomic E-state index is 0.146. The van der Waals surface area contributed by atoms with Crippen molar-refractivity contribution in [2.45, 2.75) is 6.92 Å². The highest BCUT2D eigenvalue weighted by Gasteiger charge is 2.18. The van der Waals surface area contributed by atoms with Gasteiger partial charge in [-0.3, -0.25) is 4.79 Å². The van der Waals surface area contributed by atoms with E-state index >= 15 is 0 Å². The Hall–Kier alpha value is -2.40. The molecule has 1 amide bonds. The second-order valence-corrected chi connectivity index (χ2v) is 5.73. The van der Waals surface area contributed by atoms with Gasteiger partial charge in [0.25, 0.3) is 5.91 Å². The van der Waals surface area contributed by atoms with Crippen LogP contribution in [0.1, 0.15) is 15.9 Å². The third-order valence-corrected chi connectivity index (χ3v) is 4.02. The quantitative estimate of drug-likeness (QED) is 0.726. The van der Waals surface area contributed by atoms with E-state index in [4.69, 9.17) is 11.6 Å². The third kappa shape index (κ3) is 2.68. The molecule has 0 saturated carbocycles. The van der Waals surface area contributed by atoms with Crippen LogP contribution in [0.5, 0.6) is 0 Å². The highest BCUT2D eigenvalue weighted by molar-refractivity contribution is 6.34. The molecule has 0 aliphatic carbocycles. The van der Waals surface area contributed by atoms with Gasteiger partial charge in [0.2, 0.25) is 0 Å². The Morgan fingerprint density at radius 1 is 1.22 bits per heavy atom. The maximum atomic E-state index is 14.1. The van der Waals surface area contributed by atoms with Gasteiger partial charge in [-0.05, 0) is 36.8 Å². The van der Waals surface area contributed by atoms with E-state index in [-0.39, 0.29) is 21.7 Å². The predicted octanol–water partition coefficient (Wildman–Crippen LogP) is 4.67. The Morgan fingerprint density at radius 2 is 1.96 bits per heavy atom. The third-order valence-electron chi connectivity index (χ3n) is 3.70. The number of carbonyl (C=O) groups is 1. The van der Waals surface area contributed by atoms with Gasteiger partial charge in [0.1, 0.15) is 11.6 Å². The molecule has 2 aromatic carbocycles. The van der Waals surface area contributed by atoms with Crippen molar-refractivity contribution in [3.05, 3.63) is 64.3 Å². The number of hydrogen-bond donors (Lipinski definition) is 1. The lowest BCUT2D eigenvalue weighted by atomic mass is 10.1. The van der Waals surface area contributed by atoms with Crippen molar-refractivity contribution < 1.29 is 13.6 Å². The van der Waals surface area contributed by atoms with E-state index in [0.29, 0.717) is 11.1 Å². The molecular weight excluding hydrogens is 322 g/mol. The van der Waals surface area contributed by atoms with Crippen LogP contribution in [0.2, 0.25) is 5.02 Å². The molecule has 1 N–H and O–H groups in total. The molecule has 0 radical (unpaired) electrons. The number of nitrogens with one attached hydrogen (secondary N) is 1. The fourth-order valence-corrected chi connectivity index (χ4v) is 2.77. The number of aryl methyl sites for hydroxylation is 2. The summed E-state index contributed by atoms with van der Waals surface area (Å²) >= 11 is 6.03. The molecule has 0 spiro atoms. The van der Waals surface area contributed by atoms with Crippen LogP contribution in [0, 0.1) is 18.6 Å². The van der Waals surface area contributed by atoms with Gasteiger partial charge in [0, 0.05) is 18.6 Å².